The number of benzene rings is 1. The third-order valence-corrected chi connectivity index (χ3v) is 2.31. The van der Waals surface area contributed by atoms with Crippen LogP contribution in [0.15, 0.2) is 18.2 Å². The van der Waals surface area contributed by atoms with Crippen LogP contribution in [0.3, 0.4) is 0 Å². The van der Waals surface area contributed by atoms with Crippen LogP contribution in [0.5, 0.6) is 0 Å². The van der Waals surface area contributed by atoms with E-state index in [4.69, 9.17) is 11.5 Å². The van der Waals surface area contributed by atoms with Crippen LogP contribution in [0.4, 0.5) is 10.1 Å². The van der Waals surface area contributed by atoms with Crippen molar-refractivity contribution in [3.8, 4) is 0 Å². The summed E-state index contributed by atoms with van der Waals surface area (Å²) in [5, 5.41) is 10.5. The number of nitro benzene ring substituents is 1. The van der Waals surface area contributed by atoms with Gasteiger partial charge in [-0.05, 0) is 25.5 Å². The molecule has 0 saturated heterocycles. The Morgan fingerprint density at radius 3 is 2.75 bits per heavy atom. The first kappa shape index (κ1) is 12.5. The third-order valence-electron chi connectivity index (χ3n) is 2.31. The van der Waals surface area contributed by atoms with Crippen LogP contribution in [0.1, 0.15) is 24.4 Å². The largest absolute Gasteiger partial charge is 0.330 e. The van der Waals surface area contributed by atoms with Gasteiger partial charge in [-0.1, -0.05) is 0 Å². The molecule has 0 fully saturated rings. The molecule has 0 aliphatic carbocycles. The molecule has 1 aromatic carbocycles. The lowest BCUT2D eigenvalue weighted by molar-refractivity contribution is -0.385. The zero-order chi connectivity index (χ0) is 12.1. The van der Waals surface area contributed by atoms with Crippen molar-refractivity contribution in [1.82, 2.24) is 0 Å². The summed E-state index contributed by atoms with van der Waals surface area (Å²) in [6, 6.07) is 2.81. The summed E-state index contributed by atoms with van der Waals surface area (Å²) in [6.45, 7) is 0.463. The van der Waals surface area contributed by atoms with Gasteiger partial charge in [0.25, 0.3) is 5.69 Å². The van der Waals surface area contributed by atoms with Crippen LogP contribution < -0.4 is 11.5 Å². The average Bonchev–Trinajstić information content (AvgIpc) is 2.26. The molecule has 0 bridgehead atoms. The molecule has 0 aromatic heterocycles. The van der Waals surface area contributed by atoms with Gasteiger partial charge in [0.05, 0.1) is 4.92 Å². The second-order valence-electron chi connectivity index (χ2n) is 3.50. The molecule has 1 rings (SSSR count). The minimum atomic E-state index is -0.571. The zero-order valence-corrected chi connectivity index (χ0v) is 8.73. The van der Waals surface area contributed by atoms with E-state index < -0.39 is 16.8 Å². The Morgan fingerprint density at radius 2 is 2.19 bits per heavy atom. The monoisotopic (exact) mass is 227 g/mol. The number of rotatable bonds is 5. The van der Waals surface area contributed by atoms with Gasteiger partial charge in [-0.3, -0.25) is 10.1 Å². The predicted molar refractivity (Wildman–Crippen MR) is 58.3 cm³/mol. The predicted octanol–water partition coefficient (Wildman–Crippen LogP) is 1.47. The fraction of sp³-hybridized carbons (Fsp3) is 0.400. The van der Waals surface area contributed by atoms with Gasteiger partial charge in [0.15, 0.2) is 0 Å². The lowest BCUT2D eigenvalue weighted by Crippen LogP contribution is -2.14. The van der Waals surface area contributed by atoms with Gasteiger partial charge in [-0.2, -0.15) is 0 Å². The van der Waals surface area contributed by atoms with E-state index in [1.807, 2.05) is 0 Å². The summed E-state index contributed by atoms with van der Waals surface area (Å²) in [5.74, 6) is -0.518. The average molecular weight is 227 g/mol. The summed E-state index contributed by atoms with van der Waals surface area (Å²) in [5.41, 5.74) is 11.1. The first-order valence-corrected chi connectivity index (χ1v) is 4.95. The molecule has 5 nitrogen and oxygen atoms in total. The van der Waals surface area contributed by atoms with E-state index in [2.05, 4.69) is 0 Å². The quantitative estimate of drug-likeness (QED) is 0.588. The molecule has 88 valence electrons. The molecule has 0 radical (unpaired) electrons. The maximum absolute atomic E-state index is 13.4. The summed E-state index contributed by atoms with van der Waals surface area (Å²) in [4.78, 5) is 9.95. The summed E-state index contributed by atoms with van der Waals surface area (Å²) in [7, 11) is 0. The highest BCUT2D eigenvalue weighted by Gasteiger charge is 2.15. The van der Waals surface area contributed by atoms with Gasteiger partial charge < -0.3 is 11.5 Å². The third kappa shape index (κ3) is 2.98. The molecule has 0 unspecified atom stereocenters. The Kier molecular flexibility index (Phi) is 4.33. The molecule has 0 heterocycles. The highest BCUT2D eigenvalue weighted by Crippen LogP contribution is 2.23. The van der Waals surface area contributed by atoms with Crippen LogP contribution in [0.2, 0.25) is 0 Å². The highest BCUT2D eigenvalue weighted by atomic mass is 19.1. The molecule has 1 aromatic rings. The fourth-order valence-electron chi connectivity index (χ4n) is 1.42. The second kappa shape index (κ2) is 5.53. The number of nitro groups is 1. The van der Waals surface area contributed by atoms with Crippen molar-refractivity contribution in [3.05, 3.63) is 39.7 Å². The smallest absolute Gasteiger partial charge is 0.269 e. The van der Waals surface area contributed by atoms with E-state index in [0.29, 0.717) is 19.4 Å². The summed E-state index contributed by atoms with van der Waals surface area (Å²) >= 11 is 0. The molecule has 1 atom stereocenters. The zero-order valence-electron chi connectivity index (χ0n) is 8.73. The van der Waals surface area contributed by atoms with Crippen molar-refractivity contribution in [2.24, 2.45) is 11.5 Å². The van der Waals surface area contributed by atoms with E-state index in [-0.39, 0.29) is 11.3 Å². The Labute approximate surface area is 92.4 Å². The summed E-state index contributed by atoms with van der Waals surface area (Å²) in [6.07, 6.45) is 1.16. The number of hydrogen-bond donors (Lipinski definition) is 2. The molecule has 16 heavy (non-hydrogen) atoms. The molecule has 0 saturated carbocycles. The lowest BCUT2D eigenvalue weighted by atomic mass is 10.0. The van der Waals surface area contributed by atoms with E-state index in [0.717, 1.165) is 12.1 Å². The first-order valence-electron chi connectivity index (χ1n) is 4.95. The summed E-state index contributed by atoms with van der Waals surface area (Å²) < 4.78 is 13.4. The molecule has 0 amide bonds. The van der Waals surface area contributed by atoms with E-state index in [9.17, 15) is 14.5 Å². The maximum atomic E-state index is 13.4. The topological polar surface area (TPSA) is 95.2 Å². The van der Waals surface area contributed by atoms with Crippen molar-refractivity contribution in [1.29, 1.82) is 0 Å². The Morgan fingerprint density at radius 1 is 1.50 bits per heavy atom. The second-order valence-corrected chi connectivity index (χ2v) is 3.50. The van der Waals surface area contributed by atoms with Crippen molar-refractivity contribution in [2.75, 3.05) is 6.54 Å². The van der Waals surface area contributed by atoms with Crippen LogP contribution in [0, 0.1) is 15.9 Å². The van der Waals surface area contributed by atoms with Crippen molar-refractivity contribution in [2.45, 2.75) is 18.9 Å². The minimum absolute atomic E-state index is 0.153. The molecule has 4 N–H and O–H groups in total. The number of non-ortho nitro benzene ring substituents is 1. The van der Waals surface area contributed by atoms with Gasteiger partial charge in [0, 0.05) is 23.7 Å². The van der Waals surface area contributed by atoms with Crippen LogP contribution >= 0.6 is 0 Å². The molecule has 6 heteroatoms. The van der Waals surface area contributed by atoms with Crippen molar-refractivity contribution >= 4 is 5.69 Å². The minimum Gasteiger partial charge on any atom is -0.330 e. The molecule has 0 aliphatic heterocycles. The van der Waals surface area contributed by atoms with Gasteiger partial charge in [-0.15, -0.1) is 0 Å². The first-order chi connectivity index (χ1) is 7.56. The van der Waals surface area contributed by atoms with Gasteiger partial charge in [0.1, 0.15) is 5.82 Å². The molecular weight excluding hydrogens is 213 g/mol. The van der Waals surface area contributed by atoms with E-state index in [1.165, 1.54) is 6.07 Å². The Hall–Kier alpha value is -1.53. The molecular formula is C10H14FN3O2. The number of halogens is 1. The maximum Gasteiger partial charge on any atom is 0.269 e. The fourth-order valence-corrected chi connectivity index (χ4v) is 1.42. The highest BCUT2D eigenvalue weighted by molar-refractivity contribution is 5.36. The SMILES string of the molecule is NCCC[C@H](N)c1cc([N+](=O)[O-])ccc1F. The van der Waals surface area contributed by atoms with Gasteiger partial charge in [-0.25, -0.2) is 4.39 Å². The number of nitrogens with zero attached hydrogens (tertiary/aromatic N) is 1. The van der Waals surface area contributed by atoms with Crippen LogP contribution in [-0.4, -0.2) is 11.5 Å². The molecule has 0 spiro atoms. The number of hydrogen-bond acceptors (Lipinski definition) is 4. The van der Waals surface area contributed by atoms with Crippen LogP contribution in [0.25, 0.3) is 0 Å². The van der Waals surface area contributed by atoms with Crippen molar-refractivity contribution < 1.29 is 9.31 Å². The van der Waals surface area contributed by atoms with Crippen molar-refractivity contribution in [3.63, 3.8) is 0 Å². The number of nitrogens with two attached hydrogens (primary N) is 2. The van der Waals surface area contributed by atoms with E-state index in [1.54, 1.807) is 0 Å². The lowest BCUT2D eigenvalue weighted by Gasteiger charge is -2.11. The van der Waals surface area contributed by atoms with Gasteiger partial charge in [0.2, 0.25) is 0 Å². The van der Waals surface area contributed by atoms with E-state index >= 15 is 0 Å². The molecule has 0 aliphatic rings. The Bertz CT molecular complexity index is 384. The van der Waals surface area contributed by atoms with Gasteiger partial charge >= 0.3 is 0 Å². The normalized spacial score (nSPS) is 12.4. The van der Waals surface area contributed by atoms with Crippen LogP contribution in [-0.2, 0) is 0 Å². The standard InChI is InChI=1S/C10H14FN3O2/c11-9-4-3-7(14(15)16)6-8(9)10(13)2-1-5-12/h3-4,6,10H,1-2,5,12-13H2/t10-/m0/s1. The Balaban J connectivity index is 2.92.